The molecule has 3 amide bonds. The first-order chi connectivity index (χ1) is 17.5. The summed E-state index contributed by atoms with van der Waals surface area (Å²) < 4.78 is 5.26. The Kier molecular flexibility index (Phi) is 14.4. The quantitative estimate of drug-likeness (QED) is 0.0954. The molecule has 7 N–H and O–H groups in total. The van der Waals surface area contributed by atoms with Gasteiger partial charge >= 0.3 is 6.09 Å². The van der Waals surface area contributed by atoms with Crippen molar-refractivity contribution in [1.82, 2.24) is 16.0 Å². The molecule has 0 aromatic heterocycles. The van der Waals surface area contributed by atoms with Gasteiger partial charge in [0.15, 0.2) is 5.96 Å². The maximum atomic E-state index is 13.1. The van der Waals surface area contributed by atoms with Crippen LogP contribution in [-0.4, -0.2) is 54.8 Å². The van der Waals surface area contributed by atoms with E-state index in [9.17, 15) is 19.2 Å². The number of alkyl carbamates (subject to hydrolysis) is 1. The van der Waals surface area contributed by atoms with E-state index in [-0.39, 0.29) is 24.4 Å². The molecule has 1 rings (SSSR count). The number of nitrogens with zero attached hydrogens (tertiary/aromatic N) is 1. The molecule has 0 unspecified atom stereocenters. The standard InChI is InChI=1S/C26H42N6O5/c1-17(2)13-21(23(34)30-20(15-33)11-8-12-29-25(27)28)31-24(35)22(14-18(3)4)32-26(36)37-16-19-9-6-5-7-10-19/h5-7,9-10,15,17-18,20-22H,8,11-14,16H2,1-4H3,(H,30,34)(H,31,35)(H,32,36)(H4,27,28,29)/t20-,21-,22-/m0/s1. The second-order valence-electron chi connectivity index (χ2n) is 9.78. The zero-order chi connectivity index (χ0) is 27.8. The molecule has 0 aliphatic carbocycles. The summed E-state index contributed by atoms with van der Waals surface area (Å²) in [4.78, 5) is 53.9. The van der Waals surface area contributed by atoms with Crippen LogP contribution in [0.1, 0.15) is 58.9 Å². The van der Waals surface area contributed by atoms with Crippen LogP contribution in [0.15, 0.2) is 35.3 Å². The third-order valence-corrected chi connectivity index (χ3v) is 5.33. The summed E-state index contributed by atoms with van der Waals surface area (Å²) in [5.41, 5.74) is 11.4. The third-order valence-electron chi connectivity index (χ3n) is 5.33. The van der Waals surface area contributed by atoms with Gasteiger partial charge < -0.3 is 36.9 Å². The Hall–Kier alpha value is -3.63. The van der Waals surface area contributed by atoms with E-state index in [4.69, 9.17) is 16.2 Å². The van der Waals surface area contributed by atoms with Crippen molar-refractivity contribution >= 4 is 30.2 Å². The van der Waals surface area contributed by atoms with Gasteiger partial charge in [0.05, 0.1) is 6.04 Å². The molecule has 3 atom stereocenters. The van der Waals surface area contributed by atoms with Crippen LogP contribution in [0.5, 0.6) is 0 Å². The Morgan fingerprint density at radius 2 is 1.49 bits per heavy atom. The SMILES string of the molecule is CC(C)C[C@H](NC(=O)OCc1ccccc1)C(=O)N[C@@H](CC(C)C)C(=O)N[C@H](C=O)CCCN=C(N)N. The Labute approximate surface area is 219 Å². The first kappa shape index (κ1) is 31.4. The highest BCUT2D eigenvalue weighted by atomic mass is 16.5. The van der Waals surface area contributed by atoms with Gasteiger partial charge in [-0.25, -0.2) is 4.79 Å². The second-order valence-corrected chi connectivity index (χ2v) is 9.78. The average Bonchev–Trinajstić information content (AvgIpc) is 2.83. The number of ether oxygens (including phenoxy) is 1. The van der Waals surface area contributed by atoms with Crippen LogP contribution in [0.25, 0.3) is 0 Å². The van der Waals surface area contributed by atoms with Gasteiger partial charge in [-0.3, -0.25) is 14.6 Å². The van der Waals surface area contributed by atoms with E-state index in [1.165, 1.54) is 0 Å². The summed E-state index contributed by atoms with van der Waals surface area (Å²) in [6, 6.07) is 6.67. The fraction of sp³-hybridized carbons (Fsp3) is 0.577. The van der Waals surface area contributed by atoms with Crippen molar-refractivity contribution in [2.45, 2.75) is 78.1 Å². The molecule has 1 aromatic rings. The van der Waals surface area contributed by atoms with Crippen molar-refractivity contribution in [3.63, 3.8) is 0 Å². The number of guanidine groups is 1. The summed E-state index contributed by atoms with van der Waals surface area (Å²) in [6.45, 7) is 8.08. The number of carbonyl (C=O) groups is 4. The van der Waals surface area contributed by atoms with Gasteiger partial charge in [-0.05, 0) is 43.1 Å². The number of hydrogen-bond donors (Lipinski definition) is 5. The lowest BCUT2D eigenvalue weighted by Gasteiger charge is -2.26. The summed E-state index contributed by atoms with van der Waals surface area (Å²) in [7, 11) is 0. The summed E-state index contributed by atoms with van der Waals surface area (Å²) in [5, 5.41) is 8.05. The Balaban J connectivity index is 2.81. The Morgan fingerprint density at radius 3 is 2.03 bits per heavy atom. The van der Waals surface area contributed by atoms with Gasteiger partial charge in [0, 0.05) is 6.54 Å². The smallest absolute Gasteiger partial charge is 0.408 e. The maximum Gasteiger partial charge on any atom is 0.408 e. The molecule has 0 fully saturated rings. The lowest BCUT2D eigenvalue weighted by molar-refractivity contribution is -0.131. The molecule has 11 heteroatoms. The van der Waals surface area contributed by atoms with Gasteiger partial charge in [-0.2, -0.15) is 0 Å². The van der Waals surface area contributed by atoms with Crippen molar-refractivity contribution in [3.05, 3.63) is 35.9 Å². The monoisotopic (exact) mass is 518 g/mol. The number of aldehydes is 1. The summed E-state index contributed by atoms with van der Waals surface area (Å²) in [6.07, 6.45) is 1.46. The van der Waals surface area contributed by atoms with Crippen LogP contribution in [-0.2, 0) is 25.7 Å². The van der Waals surface area contributed by atoms with Crippen LogP contribution >= 0.6 is 0 Å². The Morgan fingerprint density at radius 1 is 0.919 bits per heavy atom. The van der Waals surface area contributed by atoms with E-state index in [0.29, 0.717) is 38.5 Å². The number of amides is 3. The third kappa shape index (κ3) is 13.9. The molecule has 0 radical (unpaired) electrons. The number of carbonyl (C=O) groups excluding carboxylic acids is 4. The minimum atomic E-state index is -0.896. The zero-order valence-electron chi connectivity index (χ0n) is 22.2. The first-order valence-electron chi connectivity index (χ1n) is 12.6. The normalized spacial score (nSPS) is 13.2. The van der Waals surface area contributed by atoms with Gasteiger partial charge in [0.1, 0.15) is 25.0 Å². The lowest BCUT2D eigenvalue weighted by atomic mass is 10.00. The molecular formula is C26H42N6O5. The molecular weight excluding hydrogens is 476 g/mol. The van der Waals surface area contributed by atoms with Crippen molar-refractivity contribution < 1.29 is 23.9 Å². The predicted octanol–water partition coefficient (Wildman–Crippen LogP) is 1.60. The van der Waals surface area contributed by atoms with Crippen LogP contribution in [0.4, 0.5) is 4.79 Å². The molecule has 1 aromatic carbocycles. The molecule has 0 spiro atoms. The van der Waals surface area contributed by atoms with Crippen molar-refractivity contribution in [3.8, 4) is 0 Å². The first-order valence-corrected chi connectivity index (χ1v) is 12.6. The van der Waals surface area contributed by atoms with E-state index >= 15 is 0 Å². The molecule has 0 bridgehead atoms. The minimum Gasteiger partial charge on any atom is -0.445 e. The molecule has 0 saturated heterocycles. The molecule has 0 heterocycles. The van der Waals surface area contributed by atoms with Gasteiger partial charge in [0.2, 0.25) is 11.8 Å². The average molecular weight is 519 g/mol. The predicted molar refractivity (Wildman–Crippen MR) is 142 cm³/mol. The van der Waals surface area contributed by atoms with Gasteiger partial charge in [-0.1, -0.05) is 58.0 Å². The van der Waals surface area contributed by atoms with E-state index in [1.807, 2.05) is 58.0 Å². The van der Waals surface area contributed by atoms with Crippen molar-refractivity contribution in [1.29, 1.82) is 0 Å². The summed E-state index contributed by atoms with van der Waals surface area (Å²) >= 11 is 0. The molecule has 206 valence electrons. The van der Waals surface area contributed by atoms with Crippen molar-refractivity contribution in [2.75, 3.05) is 6.54 Å². The number of benzene rings is 1. The molecule has 0 saturated carbocycles. The van der Waals surface area contributed by atoms with Crippen LogP contribution < -0.4 is 27.4 Å². The summed E-state index contributed by atoms with van der Waals surface area (Å²) in [5.74, 6) is -0.843. The topological polar surface area (TPSA) is 178 Å². The number of nitrogens with two attached hydrogens (primary N) is 2. The second kappa shape index (κ2) is 16.9. The lowest BCUT2D eigenvalue weighted by Crippen LogP contribution is -2.55. The Bertz CT molecular complexity index is 887. The largest absolute Gasteiger partial charge is 0.445 e. The van der Waals surface area contributed by atoms with E-state index < -0.39 is 36.0 Å². The highest BCUT2D eigenvalue weighted by molar-refractivity contribution is 5.92. The highest BCUT2D eigenvalue weighted by Crippen LogP contribution is 2.10. The number of aliphatic imine (C=N–C) groups is 1. The molecule has 0 aliphatic heterocycles. The van der Waals surface area contributed by atoms with Crippen LogP contribution in [0, 0.1) is 11.8 Å². The molecule has 11 nitrogen and oxygen atoms in total. The van der Waals surface area contributed by atoms with E-state index in [2.05, 4.69) is 20.9 Å². The zero-order valence-corrected chi connectivity index (χ0v) is 22.2. The van der Waals surface area contributed by atoms with E-state index in [0.717, 1.165) is 5.56 Å². The number of nitrogens with one attached hydrogen (secondary N) is 3. The fourth-order valence-electron chi connectivity index (χ4n) is 3.56. The van der Waals surface area contributed by atoms with Crippen LogP contribution in [0.2, 0.25) is 0 Å². The highest BCUT2D eigenvalue weighted by Gasteiger charge is 2.29. The maximum absolute atomic E-state index is 13.1. The van der Waals surface area contributed by atoms with E-state index in [1.54, 1.807) is 0 Å². The minimum absolute atomic E-state index is 0.0418. The van der Waals surface area contributed by atoms with Crippen LogP contribution in [0.3, 0.4) is 0 Å². The van der Waals surface area contributed by atoms with Crippen molar-refractivity contribution in [2.24, 2.45) is 28.3 Å². The van der Waals surface area contributed by atoms with Gasteiger partial charge in [-0.15, -0.1) is 0 Å². The molecule has 0 aliphatic rings. The molecule has 37 heavy (non-hydrogen) atoms. The number of hydrogen-bond acceptors (Lipinski definition) is 6. The number of rotatable bonds is 16. The van der Waals surface area contributed by atoms with Gasteiger partial charge in [0.25, 0.3) is 0 Å². The fourth-order valence-corrected chi connectivity index (χ4v) is 3.56.